The van der Waals surface area contributed by atoms with Gasteiger partial charge in [-0.15, -0.1) is 11.3 Å². The summed E-state index contributed by atoms with van der Waals surface area (Å²) in [7, 11) is 2.92. The number of carbonyl (C=O) groups excluding carboxylic acids is 2. The molecule has 0 aliphatic heterocycles. The summed E-state index contributed by atoms with van der Waals surface area (Å²) in [6.07, 6.45) is -3.18. The molecule has 2 aromatic carbocycles. The number of alkyl halides is 3. The predicted molar refractivity (Wildman–Crippen MR) is 119 cm³/mol. The second-order valence-electron chi connectivity index (χ2n) is 6.64. The molecule has 0 atom stereocenters. The molecule has 10 heteroatoms. The van der Waals surface area contributed by atoms with Gasteiger partial charge in [0, 0.05) is 5.69 Å². The number of rotatable bonds is 7. The molecule has 0 spiro atoms. The lowest BCUT2D eigenvalue weighted by molar-refractivity contribution is -0.137. The fourth-order valence-electron chi connectivity index (χ4n) is 2.83. The van der Waals surface area contributed by atoms with E-state index in [0.717, 1.165) is 12.1 Å². The summed E-state index contributed by atoms with van der Waals surface area (Å²) in [5, 5.41) is 6.63. The van der Waals surface area contributed by atoms with Crippen molar-refractivity contribution >= 4 is 34.9 Å². The molecule has 0 bridgehead atoms. The zero-order valence-corrected chi connectivity index (χ0v) is 18.3. The van der Waals surface area contributed by atoms with Crippen molar-refractivity contribution < 1.29 is 32.2 Å². The van der Waals surface area contributed by atoms with Gasteiger partial charge in [0.1, 0.15) is 5.70 Å². The van der Waals surface area contributed by atoms with Crippen LogP contribution in [0, 0.1) is 0 Å². The molecule has 0 saturated heterocycles. The topological polar surface area (TPSA) is 76.7 Å². The fourth-order valence-corrected chi connectivity index (χ4v) is 3.45. The highest BCUT2D eigenvalue weighted by atomic mass is 32.1. The maximum absolute atomic E-state index is 13.0. The molecule has 2 N–H and O–H groups in total. The number of anilines is 1. The van der Waals surface area contributed by atoms with E-state index in [9.17, 15) is 22.8 Å². The zero-order chi connectivity index (χ0) is 24.0. The van der Waals surface area contributed by atoms with Crippen molar-refractivity contribution in [2.75, 3.05) is 19.5 Å². The van der Waals surface area contributed by atoms with Crippen LogP contribution in [0.3, 0.4) is 0 Å². The van der Waals surface area contributed by atoms with Crippen molar-refractivity contribution in [3.8, 4) is 11.5 Å². The van der Waals surface area contributed by atoms with E-state index in [1.54, 1.807) is 35.7 Å². The average molecular weight is 476 g/mol. The molecule has 2 amide bonds. The molecule has 3 aromatic rings. The van der Waals surface area contributed by atoms with Crippen LogP contribution in [0.15, 0.2) is 65.7 Å². The van der Waals surface area contributed by atoms with E-state index < -0.39 is 23.6 Å². The fraction of sp³-hybridized carbons (Fsp3) is 0.130. The van der Waals surface area contributed by atoms with E-state index in [1.165, 1.54) is 43.8 Å². The lowest BCUT2D eigenvalue weighted by atomic mass is 10.1. The second-order valence-corrected chi connectivity index (χ2v) is 7.58. The molecule has 0 fully saturated rings. The molecule has 1 heterocycles. The minimum absolute atomic E-state index is 0.0709. The van der Waals surface area contributed by atoms with Crippen molar-refractivity contribution in [3.63, 3.8) is 0 Å². The molecule has 172 valence electrons. The number of hydrogen-bond donors (Lipinski definition) is 2. The van der Waals surface area contributed by atoms with Gasteiger partial charge in [0.15, 0.2) is 11.5 Å². The van der Waals surface area contributed by atoms with Gasteiger partial charge in [-0.25, -0.2) is 0 Å². The van der Waals surface area contributed by atoms with Crippen LogP contribution in [0.1, 0.15) is 20.8 Å². The summed E-state index contributed by atoms with van der Waals surface area (Å²) in [5.41, 5.74) is -0.655. The number of ether oxygens (including phenoxy) is 2. The lowest BCUT2D eigenvalue weighted by Crippen LogP contribution is -2.30. The van der Waals surface area contributed by atoms with Crippen LogP contribution in [0.4, 0.5) is 18.9 Å². The first-order valence-electron chi connectivity index (χ1n) is 9.48. The highest BCUT2D eigenvalue weighted by Gasteiger charge is 2.30. The third-order valence-corrected chi connectivity index (χ3v) is 5.27. The Morgan fingerprint density at radius 2 is 1.73 bits per heavy atom. The Morgan fingerprint density at radius 1 is 0.970 bits per heavy atom. The van der Waals surface area contributed by atoms with E-state index in [4.69, 9.17) is 9.47 Å². The monoisotopic (exact) mass is 476 g/mol. The van der Waals surface area contributed by atoms with Crippen LogP contribution in [0.2, 0.25) is 0 Å². The highest BCUT2D eigenvalue weighted by Crippen LogP contribution is 2.31. The van der Waals surface area contributed by atoms with Gasteiger partial charge in [-0.05, 0) is 53.4 Å². The van der Waals surface area contributed by atoms with Crippen molar-refractivity contribution in [2.45, 2.75) is 6.18 Å². The number of methoxy groups -OCH3 is 2. The summed E-state index contributed by atoms with van der Waals surface area (Å²) >= 11 is 1.18. The molecular weight excluding hydrogens is 457 g/mol. The minimum Gasteiger partial charge on any atom is -0.493 e. The standard InChI is InChI=1S/C23H19F3N2O4S/c1-31-18-9-8-14(12-19(18)32-2)11-17(28-22(30)20-7-4-10-33-20)21(29)27-16-6-3-5-15(13-16)23(24,25)26/h3-13H,1-2H3,(H,27,29)(H,28,30)/b17-11-. The maximum Gasteiger partial charge on any atom is 0.416 e. The number of carbonyl (C=O) groups is 2. The van der Waals surface area contributed by atoms with E-state index in [0.29, 0.717) is 21.9 Å². The van der Waals surface area contributed by atoms with Gasteiger partial charge in [0.05, 0.1) is 24.7 Å². The van der Waals surface area contributed by atoms with Gasteiger partial charge >= 0.3 is 6.18 Å². The van der Waals surface area contributed by atoms with Gasteiger partial charge in [-0.1, -0.05) is 18.2 Å². The van der Waals surface area contributed by atoms with Gasteiger partial charge in [-0.2, -0.15) is 13.2 Å². The first-order chi connectivity index (χ1) is 15.7. The summed E-state index contributed by atoms with van der Waals surface area (Å²) < 4.78 is 49.5. The summed E-state index contributed by atoms with van der Waals surface area (Å²) in [5.74, 6) is -0.467. The Morgan fingerprint density at radius 3 is 2.36 bits per heavy atom. The first kappa shape index (κ1) is 23.9. The van der Waals surface area contributed by atoms with E-state index in [2.05, 4.69) is 10.6 Å². The Labute approximate surface area is 191 Å². The third kappa shape index (κ3) is 6.13. The number of nitrogens with one attached hydrogen (secondary N) is 2. The van der Waals surface area contributed by atoms with Crippen molar-refractivity contribution in [1.29, 1.82) is 0 Å². The summed E-state index contributed by atoms with van der Waals surface area (Å²) in [6, 6.07) is 12.3. The highest BCUT2D eigenvalue weighted by molar-refractivity contribution is 7.12. The molecule has 0 radical (unpaired) electrons. The molecular formula is C23H19F3N2O4S. The maximum atomic E-state index is 13.0. The number of hydrogen-bond acceptors (Lipinski definition) is 5. The van der Waals surface area contributed by atoms with Crippen LogP contribution in [0.25, 0.3) is 6.08 Å². The molecule has 6 nitrogen and oxygen atoms in total. The molecule has 1 aromatic heterocycles. The number of amides is 2. The van der Waals surface area contributed by atoms with Gasteiger partial charge in [0.2, 0.25) is 0 Å². The largest absolute Gasteiger partial charge is 0.493 e. The molecule has 0 aliphatic rings. The van der Waals surface area contributed by atoms with Crippen LogP contribution in [0.5, 0.6) is 11.5 Å². The van der Waals surface area contributed by atoms with Crippen molar-refractivity contribution in [3.05, 3.63) is 81.7 Å². The Balaban J connectivity index is 1.94. The van der Waals surface area contributed by atoms with Crippen LogP contribution in [-0.2, 0) is 11.0 Å². The Kier molecular flexibility index (Phi) is 7.39. The molecule has 0 aliphatic carbocycles. The molecule has 0 unspecified atom stereocenters. The van der Waals surface area contributed by atoms with Crippen LogP contribution in [-0.4, -0.2) is 26.0 Å². The second kappa shape index (κ2) is 10.2. The first-order valence-corrected chi connectivity index (χ1v) is 10.4. The number of halogens is 3. The minimum atomic E-state index is -4.56. The number of benzene rings is 2. The molecule has 0 saturated carbocycles. The van der Waals surface area contributed by atoms with E-state index in [1.807, 2.05) is 0 Å². The van der Waals surface area contributed by atoms with Crippen LogP contribution >= 0.6 is 11.3 Å². The average Bonchev–Trinajstić information content (AvgIpc) is 3.33. The predicted octanol–water partition coefficient (Wildman–Crippen LogP) is 5.19. The SMILES string of the molecule is COc1ccc(/C=C(\NC(=O)c2cccs2)C(=O)Nc2cccc(C(F)(F)F)c2)cc1OC. The Bertz CT molecular complexity index is 1170. The van der Waals surface area contributed by atoms with Gasteiger partial charge in [0.25, 0.3) is 11.8 Å². The smallest absolute Gasteiger partial charge is 0.416 e. The summed E-state index contributed by atoms with van der Waals surface area (Å²) in [4.78, 5) is 25.9. The van der Waals surface area contributed by atoms with Gasteiger partial charge < -0.3 is 20.1 Å². The van der Waals surface area contributed by atoms with Crippen molar-refractivity contribution in [2.24, 2.45) is 0 Å². The zero-order valence-electron chi connectivity index (χ0n) is 17.5. The summed E-state index contributed by atoms with van der Waals surface area (Å²) in [6.45, 7) is 0. The third-order valence-electron chi connectivity index (χ3n) is 4.40. The van der Waals surface area contributed by atoms with E-state index in [-0.39, 0.29) is 11.4 Å². The normalized spacial score (nSPS) is 11.6. The Hall–Kier alpha value is -3.79. The number of thiophene rings is 1. The van der Waals surface area contributed by atoms with Crippen LogP contribution < -0.4 is 20.1 Å². The van der Waals surface area contributed by atoms with Crippen molar-refractivity contribution in [1.82, 2.24) is 5.32 Å². The molecule has 33 heavy (non-hydrogen) atoms. The van der Waals surface area contributed by atoms with Gasteiger partial charge in [-0.3, -0.25) is 9.59 Å². The lowest BCUT2D eigenvalue weighted by Gasteiger charge is -2.13. The van der Waals surface area contributed by atoms with E-state index >= 15 is 0 Å². The molecule has 3 rings (SSSR count). The quantitative estimate of drug-likeness (QED) is 0.460.